The fourth-order valence-corrected chi connectivity index (χ4v) is 3.65. The second-order valence-corrected chi connectivity index (χ2v) is 5.65. The van der Waals surface area contributed by atoms with Gasteiger partial charge in [0.15, 0.2) is 11.5 Å². The van der Waals surface area contributed by atoms with Gasteiger partial charge < -0.3 is 9.47 Å². The zero-order valence-electron chi connectivity index (χ0n) is 10.6. The monoisotopic (exact) mass is 326 g/mol. The summed E-state index contributed by atoms with van der Waals surface area (Å²) in [5, 5.41) is 4.33. The zero-order chi connectivity index (χ0) is 13.1. The Morgan fingerprint density at radius 2 is 1.83 bits per heavy atom. The van der Waals surface area contributed by atoms with E-state index < -0.39 is 0 Å². The van der Waals surface area contributed by atoms with Crippen molar-refractivity contribution in [1.82, 2.24) is 0 Å². The standard InChI is InChI=1S/C14H15BrO2S/c1-9-7-18-8-11(9)14(15)10-4-5-12(16-2)13(6-10)17-3/h4-8,14H,1-3H3. The number of benzene rings is 1. The van der Waals surface area contributed by atoms with Crippen LogP contribution in [0.5, 0.6) is 11.5 Å². The molecule has 0 aliphatic heterocycles. The van der Waals surface area contributed by atoms with Crippen LogP contribution in [-0.2, 0) is 0 Å². The zero-order valence-corrected chi connectivity index (χ0v) is 13.0. The van der Waals surface area contributed by atoms with Crippen molar-refractivity contribution in [2.45, 2.75) is 11.8 Å². The first kappa shape index (κ1) is 13.4. The number of methoxy groups -OCH3 is 2. The second-order valence-electron chi connectivity index (χ2n) is 3.99. The number of thiophene rings is 1. The maximum Gasteiger partial charge on any atom is 0.161 e. The van der Waals surface area contributed by atoms with Crippen molar-refractivity contribution in [1.29, 1.82) is 0 Å². The van der Waals surface area contributed by atoms with Crippen LogP contribution in [0.25, 0.3) is 0 Å². The Bertz CT molecular complexity index is 536. The van der Waals surface area contributed by atoms with Gasteiger partial charge >= 0.3 is 0 Å². The van der Waals surface area contributed by atoms with Gasteiger partial charge in [0, 0.05) is 0 Å². The van der Waals surface area contributed by atoms with Gasteiger partial charge in [-0.25, -0.2) is 0 Å². The summed E-state index contributed by atoms with van der Waals surface area (Å²) in [7, 11) is 3.30. The molecule has 1 aromatic heterocycles. The average molecular weight is 327 g/mol. The van der Waals surface area contributed by atoms with Crippen LogP contribution >= 0.6 is 27.3 Å². The lowest BCUT2D eigenvalue weighted by molar-refractivity contribution is 0.354. The van der Waals surface area contributed by atoms with E-state index in [2.05, 4.69) is 39.7 Å². The molecule has 1 heterocycles. The first-order valence-electron chi connectivity index (χ1n) is 5.56. The molecule has 18 heavy (non-hydrogen) atoms. The lowest BCUT2D eigenvalue weighted by atomic mass is 10.0. The molecule has 0 aliphatic carbocycles. The van der Waals surface area contributed by atoms with E-state index in [1.165, 1.54) is 11.1 Å². The highest BCUT2D eigenvalue weighted by atomic mass is 79.9. The van der Waals surface area contributed by atoms with Crippen LogP contribution in [-0.4, -0.2) is 14.2 Å². The maximum absolute atomic E-state index is 5.33. The number of hydrogen-bond acceptors (Lipinski definition) is 3. The highest BCUT2D eigenvalue weighted by Crippen LogP contribution is 2.38. The summed E-state index contributed by atoms with van der Waals surface area (Å²) in [4.78, 5) is 0.184. The van der Waals surface area contributed by atoms with Crippen molar-refractivity contribution in [3.8, 4) is 11.5 Å². The molecule has 0 saturated heterocycles. The first-order valence-corrected chi connectivity index (χ1v) is 7.42. The third kappa shape index (κ3) is 2.54. The molecule has 0 bridgehead atoms. The van der Waals surface area contributed by atoms with Crippen LogP contribution in [0.2, 0.25) is 0 Å². The molecule has 1 atom stereocenters. The molecule has 96 valence electrons. The lowest BCUT2D eigenvalue weighted by Crippen LogP contribution is -1.96. The van der Waals surface area contributed by atoms with E-state index in [1.54, 1.807) is 25.6 Å². The van der Waals surface area contributed by atoms with Crippen LogP contribution in [0.3, 0.4) is 0 Å². The Labute approximate surface area is 120 Å². The number of alkyl halides is 1. The van der Waals surface area contributed by atoms with E-state index >= 15 is 0 Å². The summed E-state index contributed by atoms with van der Waals surface area (Å²) >= 11 is 5.47. The summed E-state index contributed by atoms with van der Waals surface area (Å²) in [6, 6.07) is 6.00. The van der Waals surface area contributed by atoms with Gasteiger partial charge in [-0.05, 0) is 46.5 Å². The van der Waals surface area contributed by atoms with Gasteiger partial charge in [0.2, 0.25) is 0 Å². The molecule has 0 spiro atoms. The van der Waals surface area contributed by atoms with E-state index in [-0.39, 0.29) is 4.83 Å². The Hall–Kier alpha value is -1.00. The van der Waals surface area contributed by atoms with Crippen molar-refractivity contribution in [3.63, 3.8) is 0 Å². The minimum Gasteiger partial charge on any atom is -0.493 e. The topological polar surface area (TPSA) is 18.5 Å². The molecule has 0 fully saturated rings. The van der Waals surface area contributed by atoms with Crippen molar-refractivity contribution in [3.05, 3.63) is 45.6 Å². The Balaban J connectivity index is 2.37. The molecule has 1 unspecified atom stereocenters. The fourth-order valence-electron chi connectivity index (χ4n) is 1.82. The largest absolute Gasteiger partial charge is 0.493 e. The molecule has 2 nitrogen and oxygen atoms in total. The van der Waals surface area contributed by atoms with Crippen LogP contribution in [0.15, 0.2) is 29.0 Å². The predicted octanol–water partition coefficient (Wildman–Crippen LogP) is 4.56. The molecule has 1 aromatic carbocycles. The quantitative estimate of drug-likeness (QED) is 0.767. The predicted molar refractivity (Wildman–Crippen MR) is 79.4 cm³/mol. The van der Waals surface area contributed by atoms with Crippen LogP contribution in [0.4, 0.5) is 0 Å². The fraction of sp³-hybridized carbons (Fsp3) is 0.286. The minimum absolute atomic E-state index is 0.184. The molecule has 2 aromatic rings. The number of rotatable bonds is 4. The molecule has 2 rings (SSSR count). The summed E-state index contributed by atoms with van der Waals surface area (Å²) in [6.45, 7) is 2.13. The van der Waals surface area contributed by atoms with Gasteiger partial charge in [-0.2, -0.15) is 11.3 Å². The van der Waals surface area contributed by atoms with E-state index in [0.29, 0.717) is 0 Å². The molecule has 0 aliphatic rings. The van der Waals surface area contributed by atoms with Crippen molar-refractivity contribution < 1.29 is 9.47 Å². The molecular weight excluding hydrogens is 312 g/mol. The average Bonchev–Trinajstić information content (AvgIpc) is 2.83. The smallest absolute Gasteiger partial charge is 0.161 e. The van der Waals surface area contributed by atoms with Crippen molar-refractivity contribution in [2.75, 3.05) is 14.2 Å². The summed E-state index contributed by atoms with van der Waals surface area (Å²) in [6.07, 6.45) is 0. The van der Waals surface area contributed by atoms with Gasteiger partial charge in [0.05, 0.1) is 19.0 Å². The molecule has 4 heteroatoms. The highest BCUT2D eigenvalue weighted by Gasteiger charge is 2.15. The summed E-state index contributed by atoms with van der Waals surface area (Å²) in [5.74, 6) is 1.51. The van der Waals surface area contributed by atoms with Crippen molar-refractivity contribution in [2.24, 2.45) is 0 Å². The number of halogens is 1. The molecule has 0 radical (unpaired) electrons. The Morgan fingerprint density at radius 3 is 2.39 bits per heavy atom. The van der Waals surface area contributed by atoms with E-state index in [0.717, 1.165) is 17.1 Å². The van der Waals surface area contributed by atoms with Gasteiger partial charge in [-0.1, -0.05) is 22.0 Å². The normalized spacial score (nSPS) is 12.2. The Morgan fingerprint density at radius 1 is 1.11 bits per heavy atom. The lowest BCUT2D eigenvalue weighted by Gasteiger charge is -2.14. The minimum atomic E-state index is 0.184. The third-order valence-electron chi connectivity index (χ3n) is 2.87. The number of hydrogen-bond donors (Lipinski definition) is 0. The molecule has 0 saturated carbocycles. The van der Waals surface area contributed by atoms with Gasteiger partial charge in [-0.15, -0.1) is 0 Å². The van der Waals surface area contributed by atoms with Crippen LogP contribution in [0.1, 0.15) is 21.5 Å². The first-order chi connectivity index (χ1) is 8.67. The molecular formula is C14H15BrO2S. The van der Waals surface area contributed by atoms with Crippen LogP contribution < -0.4 is 9.47 Å². The number of ether oxygens (including phenoxy) is 2. The maximum atomic E-state index is 5.33. The molecule has 0 N–H and O–H groups in total. The second kappa shape index (κ2) is 5.76. The van der Waals surface area contributed by atoms with E-state index in [4.69, 9.17) is 9.47 Å². The van der Waals surface area contributed by atoms with Gasteiger partial charge in [0.1, 0.15) is 0 Å². The van der Waals surface area contributed by atoms with Crippen LogP contribution in [0, 0.1) is 6.92 Å². The SMILES string of the molecule is COc1ccc(C(Br)c2cscc2C)cc1OC. The summed E-state index contributed by atoms with van der Waals surface area (Å²) in [5.41, 5.74) is 3.76. The van der Waals surface area contributed by atoms with Crippen molar-refractivity contribution >= 4 is 27.3 Å². The van der Waals surface area contributed by atoms with Gasteiger partial charge in [0.25, 0.3) is 0 Å². The Kier molecular flexibility index (Phi) is 4.30. The van der Waals surface area contributed by atoms with E-state index in [1.807, 2.05) is 12.1 Å². The summed E-state index contributed by atoms with van der Waals surface area (Å²) < 4.78 is 10.6. The third-order valence-corrected chi connectivity index (χ3v) is 4.77. The highest BCUT2D eigenvalue weighted by molar-refractivity contribution is 9.09. The van der Waals surface area contributed by atoms with E-state index in [9.17, 15) is 0 Å². The van der Waals surface area contributed by atoms with Gasteiger partial charge in [-0.3, -0.25) is 0 Å². The molecule has 0 amide bonds. The number of aryl methyl sites for hydroxylation is 1.